The number of methoxy groups -OCH3 is 1. The minimum absolute atomic E-state index is 0.308. The molecule has 0 fully saturated rings. The predicted octanol–water partition coefficient (Wildman–Crippen LogP) is 2.69. The Bertz CT molecular complexity index is 580. The normalized spacial score (nSPS) is 10.2. The number of aryl methyl sites for hydroxylation is 2. The molecule has 94 valence electrons. The van der Waals surface area contributed by atoms with E-state index in [1.54, 1.807) is 5.38 Å². The monoisotopic (exact) mass is 263 g/mol. The van der Waals surface area contributed by atoms with Gasteiger partial charge in [0.05, 0.1) is 18.5 Å². The molecule has 0 spiro atoms. The second-order valence-corrected chi connectivity index (χ2v) is 4.60. The maximum atomic E-state index is 11.3. The summed E-state index contributed by atoms with van der Waals surface area (Å²) in [5.41, 5.74) is 3.05. The number of esters is 1. The Balaban J connectivity index is 2.18. The Morgan fingerprint density at radius 1 is 1.33 bits per heavy atom. The van der Waals surface area contributed by atoms with Crippen LogP contribution >= 0.6 is 11.3 Å². The summed E-state index contributed by atoms with van der Waals surface area (Å²) in [7, 11) is 1.34. The van der Waals surface area contributed by atoms with Crippen molar-refractivity contribution in [2.24, 2.45) is 0 Å². The maximum absolute atomic E-state index is 11.3. The fourth-order valence-electron chi connectivity index (χ4n) is 1.46. The number of thiazole rings is 1. The van der Waals surface area contributed by atoms with Gasteiger partial charge in [0.25, 0.3) is 0 Å². The van der Waals surface area contributed by atoms with Crippen molar-refractivity contribution in [3.63, 3.8) is 0 Å². The van der Waals surface area contributed by atoms with Crippen LogP contribution in [0, 0.1) is 13.8 Å². The molecule has 2 heterocycles. The average Bonchev–Trinajstić information content (AvgIpc) is 2.80. The number of nitrogens with zero attached hydrogens (tertiary/aromatic N) is 2. The largest absolute Gasteiger partial charge is 0.464 e. The zero-order valence-corrected chi connectivity index (χ0v) is 11.2. The van der Waals surface area contributed by atoms with E-state index in [1.807, 2.05) is 26.0 Å². The molecule has 2 aromatic heterocycles. The summed E-state index contributed by atoms with van der Waals surface area (Å²) in [6.45, 7) is 3.86. The molecule has 0 aromatic carbocycles. The smallest absolute Gasteiger partial charge is 0.357 e. The first kappa shape index (κ1) is 12.5. The van der Waals surface area contributed by atoms with Gasteiger partial charge in [0, 0.05) is 11.1 Å². The third-order valence-electron chi connectivity index (χ3n) is 2.37. The molecule has 0 atom stereocenters. The van der Waals surface area contributed by atoms with Crippen molar-refractivity contribution in [1.82, 2.24) is 9.97 Å². The van der Waals surface area contributed by atoms with E-state index in [0.29, 0.717) is 10.8 Å². The van der Waals surface area contributed by atoms with Gasteiger partial charge in [0.15, 0.2) is 10.8 Å². The van der Waals surface area contributed by atoms with Gasteiger partial charge in [-0.2, -0.15) is 0 Å². The molecular weight excluding hydrogens is 250 g/mol. The average molecular weight is 263 g/mol. The van der Waals surface area contributed by atoms with Crippen LogP contribution in [0.25, 0.3) is 0 Å². The lowest BCUT2D eigenvalue weighted by molar-refractivity contribution is 0.0595. The quantitative estimate of drug-likeness (QED) is 0.862. The number of nitrogens with one attached hydrogen (secondary N) is 1. The van der Waals surface area contributed by atoms with Gasteiger partial charge in [0.2, 0.25) is 0 Å². The Kier molecular flexibility index (Phi) is 3.57. The van der Waals surface area contributed by atoms with Gasteiger partial charge >= 0.3 is 5.97 Å². The van der Waals surface area contributed by atoms with Crippen molar-refractivity contribution in [2.45, 2.75) is 13.8 Å². The lowest BCUT2D eigenvalue weighted by Crippen LogP contribution is -2.02. The molecule has 6 heteroatoms. The van der Waals surface area contributed by atoms with Crippen molar-refractivity contribution in [3.8, 4) is 0 Å². The van der Waals surface area contributed by atoms with E-state index in [0.717, 1.165) is 17.1 Å². The van der Waals surface area contributed by atoms with Crippen LogP contribution in [0.1, 0.15) is 21.9 Å². The van der Waals surface area contributed by atoms with Crippen LogP contribution in [0.15, 0.2) is 17.5 Å². The molecule has 5 nitrogen and oxygen atoms in total. The van der Waals surface area contributed by atoms with Crippen molar-refractivity contribution in [2.75, 3.05) is 12.4 Å². The third-order valence-corrected chi connectivity index (χ3v) is 3.12. The first-order valence-electron chi connectivity index (χ1n) is 5.35. The predicted molar refractivity (Wildman–Crippen MR) is 70.4 cm³/mol. The number of anilines is 2. The number of pyridine rings is 1. The Morgan fingerprint density at radius 3 is 2.78 bits per heavy atom. The molecule has 0 aliphatic carbocycles. The highest BCUT2D eigenvalue weighted by Gasteiger charge is 2.11. The van der Waals surface area contributed by atoms with Crippen LogP contribution in [0.4, 0.5) is 10.8 Å². The molecule has 2 rings (SSSR count). The zero-order chi connectivity index (χ0) is 13.1. The van der Waals surface area contributed by atoms with Crippen molar-refractivity contribution in [1.29, 1.82) is 0 Å². The fraction of sp³-hybridized carbons (Fsp3) is 0.250. The van der Waals surface area contributed by atoms with Crippen LogP contribution in [0.2, 0.25) is 0 Å². The van der Waals surface area contributed by atoms with Gasteiger partial charge in [0.1, 0.15) is 0 Å². The number of hydrogen-bond donors (Lipinski definition) is 1. The lowest BCUT2D eigenvalue weighted by Gasteiger charge is -2.06. The minimum Gasteiger partial charge on any atom is -0.464 e. The molecule has 1 N–H and O–H groups in total. The zero-order valence-electron chi connectivity index (χ0n) is 10.4. The highest BCUT2D eigenvalue weighted by atomic mass is 32.1. The van der Waals surface area contributed by atoms with E-state index in [4.69, 9.17) is 0 Å². The molecule has 0 saturated carbocycles. The van der Waals surface area contributed by atoms with E-state index in [9.17, 15) is 4.79 Å². The molecule has 18 heavy (non-hydrogen) atoms. The van der Waals surface area contributed by atoms with Crippen LogP contribution in [0.3, 0.4) is 0 Å². The standard InChI is InChI=1S/C12H13N3O2S/c1-7-4-5-9(8(2)13-7)14-12-15-10(6-18-12)11(16)17-3/h4-6H,1-3H3,(H,14,15). The van der Waals surface area contributed by atoms with Crippen molar-refractivity contribution >= 4 is 28.1 Å². The molecule has 2 aromatic rings. The summed E-state index contributed by atoms with van der Waals surface area (Å²) >= 11 is 1.35. The fourth-order valence-corrected chi connectivity index (χ4v) is 2.16. The van der Waals surface area contributed by atoms with E-state index >= 15 is 0 Å². The molecule has 0 radical (unpaired) electrons. The topological polar surface area (TPSA) is 64.1 Å². The highest BCUT2D eigenvalue weighted by Crippen LogP contribution is 2.23. The Labute approximate surface area is 109 Å². The van der Waals surface area contributed by atoms with Gasteiger partial charge < -0.3 is 10.1 Å². The Morgan fingerprint density at radius 2 is 2.11 bits per heavy atom. The van der Waals surface area contributed by atoms with E-state index < -0.39 is 5.97 Å². The summed E-state index contributed by atoms with van der Waals surface area (Å²) in [5.74, 6) is -0.432. The molecule has 0 unspecified atom stereocenters. The van der Waals surface area contributed by atoms with Crippen LogP contribution in [0.5, 0.6) is 0 Å². The van der Waals surface area contributed by atoms with Gasteiger partial charge in [-0.3, -0.25) is 4.98 Å². The summed E-state index contributed by atoms with van der Waals surface area (Å²) in [6, 6.07) is 3.86. The van der Waals surface area contributed by atoms with E-state index in [1.165, 1.54) is 18.4 Å². The third kappa shape index (κ3) is 2.65. The Hall–Kier alpha value is -1.95. The van der Waals surface area contributed by atoms with Crippen molar-refractivity contribution in [3.05, 3.63) is 34.6 Å². The van der Waals surface area contributed by atoms with Gasteiger partial charge in [-0.1, -0.05) is 0 Å². The highest BCUT2D eigenvalue weighted by molar-refractivity contribution is 7.14. The first-order valence-corrected chi connectivity index (χ1v) is 6.23. The van der Waals surface area contributed by atoms with Gasteiger partial charge in [-0.15, -0.1) is 11.3 Å². The number of hydrogen-bond acceptors (Lipinski definition) is 6. The summed E-state index contributed by atoms with van der Waals surface area (Å²) in [5, 5.41) is 5.44. The van der Waals surface area contributed by atoms with Crippen LogP contribution in [-0.4, -0.2) is 23.0 Å². The summed E-state index contributed by atoms with van der Waals surface area (Å²) in [6.07, 6.45) is 0. The molecular formula is C12H13N3O2S. The lowest BCUT2D eigenvalue weighted by atomic mass is 10.3. The molecule has 0 saturated heterocycles. The number of carbonyl (C=O) groups excluding carboxylic acids is 1. The molecule has 0 bridgehead atoms. The maximum Gasteiger partial charge on any atom is 0.357 e. The number of aromatic nitrogens is 2. The molecule has 0 aliphatic heterocycles. The number of ether oxygens (including phenoxy) is 1. The minimum atomic E-state index is -0.432. The molecule has 0 amide bonds. The second-order valence-electron chi connectivity index (χ2n) is 3.74. The summed E-state index contributed by atoms with van der Waals surface area (Å²) in [4.78, 5) is 19.8. The van der Waals surface area contributed by atoms with Crippen LogP contribution in [-0.2, 0) is 4.74 Å². The van der Waals surface area contributed by atoms with Crippen LogP contribution < -0.4 is 5.32 Å². The number of carbonyl (C=O) groups is 1. The molecule has 0 aliphatic rings. The van der Waals surface area contributed by atoms with Gasteiger partial charge in [-0.05, 0) is 26.0 Å². The number of rotatable bonds is 3. The first-order chi connectivity index (χ1) is 8.60. The SMILES string of the molecule is COC(=O)c1csc(Nc2ccc(C)nc2C)n1. The van der Waals surface area contributed by atoms with Gasteiger partial charge in [-0.25, -0.2) is 9.78 Å². The summed E-state index contributed by atoms with van der Waals surface area (Å²) < 4.78 is 4.60. The second kappa shape index (κ2) is 5.14. The van der Waals surface area contributed by atoms with E-state index in [-0.39, 0.29) is 0 Å². The van der Waals surface area contributed by atoms with E-state index in [2.05, 4.69) is 20.0 Å². The van der Waals surface area contributed by atoms with Crippen molar-refractivity contribution < 1.29 is 9.53 Å².